The van der Waals surface area contributed by atoms with E-state index in [9.17, 15) is 13.2 Å². The Morgan fingerprint density at radius 1 is 1.11 bits per heavy atom. The first-order valence-corrected chi connectivity index (χ1v) is 10.3. The molecule has 0 bridgehead atoms. The highest BCUT2D eigenvalue weighted by molar-refractivity contribution is 7.89. The fourth-order valence-electron chi connectivity index (χ4n) is 2.71. The average Bonchev–Trinajstić information content (AvgIpc) is 2.59. The van der Waals surface area contributed by atoms with Gasteiger partial charge < -0.3 is 9.64 Å². The second kappa shape index (κ2) is 9.01. The number of para-hydroxylation sites is 2. The van der Waals surface area contributed by atoms with Gasteiger partial charge in [-0.15, -0.1) is 0 Å². The summed E-state index contributed by atoms with van der Waals surface area (Å²) in [4.78, 5) is 13.9. The number of nitrogens with zero attached hydrogens (tertiary/aromatic N) is 1. The molecule has 0 saturated heterocycles. The minimum atomic E-state index is -3.64. The van der Waals surface area contributed by atoms with Crippen LogP contribution in [0.3, 0.4) is 0 Å². The molecule has 0 aliphatic carbocycles. The standard InChI is InChI=1S/C20H26N2O4S/c1-15(2)26-19-11-7-6-10-18(19)22(17(4)23)14-13-21-27(24,25)20-12-8-5-9-16(20)3/h5-12,15,21H,13-14H2,1-4H3. The molecule has 2 aromatic carbocycles. The average molecular weight is 391 g/mol. The van der Waals surface area contributed by atoms with Gasteiger partial charge >= 0.3 is 0 Å². The molecule has 2 aromatic rings. The van der Waals surface area contributed by atoms with Gasteiger partial charge in [0.25, 0.3) is 0 Å². The molecule has 0 aromatic heterocycles. The molecular weight excluding hydrogens is 364 g/mol. The van der Waals surface area contributed by atoms with E-state index in [0.29, 0.717) is 17.0 Å². The smallest absolute Gasteiger partial charge is 0.240 e. The van der Waals surface area contributed by atoms with Crippen LogP contribution in [0.1, 0.15) is 26.3 Å². The van der Waals surface area contributed by atoms with Gasteiger partial charge in [-0.25, -0.2) is 13.1 Å². The third-order valence-corrected chi connectivity index (χ3v) is 5.53. The van der Waals surface area contributed by atoms with E-state index >= 15 is 0 Å². The topological polar surface area (TPSA) is 75.7 Å². The summed E-state index contributed by atoms with van der Waals surface area (Å²) in [6.45, 7) is 7.29. The molecule has 0 saturated carbocycles. The molecule has 0 spiro atoms. The Kier molecular flexibility index (Phi) is 6.98. The fourth-order valence-corrected chi connectivity index (χ4v) is 3.97. The Bertz CT molecular complexity index is 894. The Morgan fingerprint density at radius 3 is 2.37 bits per heavy atom. The van der Waals surface area contributed by atoms with Crippen molar-refractivity contribution < 1.29 is 17.9 Å². The third kappa shape index (κ3) is 5.55. The predicted molar refractivity (Wildman–Crippen MR) is 107 cm³/mol. The van der Waals surface area contributed by atoms with Crippen molar-refractivity contribution in [3.8, 4) is 5.75 Å². The first-order chi connectivity index (χ1) is 12.7. The van der Waals surface area contributed by atoms with E-state index < -0.39 is 10.0 Å². The summed E-state index contributed by atoms with van der Waals surface area (Å²) in [6, 6.07) is 14.0. The second-order valence-corrected chi connectivity index (χ2v) is 8.20. The number of ether oxygens (including phenoxy) is 1. The van der Waals surface area contributed by atoms with Gasteiger partial charge in [0.05, 0.1) is 16.7 Å². The van der Waals surface area contributed by atoms with Crippen LogP contribution in [0.25, 0.3) is 0 Å². The number of carbonyl (C=O) groups excluding carboxylic acids is 1. The van der Waals surface area contributed by atoms with Gasteiger partial charge in [-0.2, -0.15) is 0 Å². The lowest BCUT2D eigenvalue weighted by Gasteiger charge is -2.25. The fraction of sp³-hybridized carbons (Fsp3) is 0.350. The van der Waals surface area contributed by atoms with Gasteiger partial charge in [0, 0.05) is 20.0 Å². The van der Waals surface area contributed by atoms with Crippen molar-refractivity contribution in [3.63, 3.8) is 0 Å². The summed E-state index contributed by atoms with van der Waals surface area (Å²) in [6.07, 6.45) is -0.0421. The SMILES string of the molecule is CC(=O)N(CCNS(=O)(=O)c1ccccc1C)c1ccccc1OC(C)C. The van der Waals surface area contributed by atoms with Crippen molar-refractivity contribution in [2.75, 3.05) is 18.0 Å². The molecule has 0 unspecified atom stereocenters. The normalized spacial score (nSPS) is 11.4. The molecule has 0 radical (unpaired) electrons. The Hall–Kier alpha value is -2.38. The Morgan fingerprint density at radius 2 is 1.74 bits per heavy atom. The monoisotopic (exact) mass is 390 g/mol. The zero-order valence-corrected chi connectivity index (χ0v) is 16.9. The van der Waals surface area contributed by atoms with E-state index in [1.54, 1.807) is 43.3 Å². The quantitative estimate of drug-likeness (QED) is 0.751. The number of hydrogen-bond acceptors (Lipinski definition) is 4. The van der Waals surface area contributed by atoms with E-state index in [2.05, 4.69) is 4.72 Å². The number of amides is 1. The lowest BCUT2D eigenvalue weighted by molar-refractivity contribution is -0.116. The summed E-state index contributed by atoms with van der Waals surface area (Å²) in [5.74, 6) is 0.398. The van der Waals surface area contributed by atoms with Crippen LogP contribution in [0.2, 0.25) is 0 Å². The molecule has 0 atom stereocenters. The third-order valence-electron chi connectivity index (χ3n) is 3.91. The van der Waals surface area contributed by atoms with Crippen LogP contribution in [-0.2, 0) is 14.8 Å². The predicted octanol–water partition coefficient (Wildman–Crippen LogP) is 3.11. The zero-order valence-electron chi connectivity index (χ0n) is 16.1. The number of rotatable bonds is 8. The number of sulfonamides is 1. The minimum absolute atomic E-state index is 0.0421. The summed E-state index contributed by atoms with van der Waals surface area (Å²) in [7, 11) is -3.64. The zero-order chi connectivity index (χ0) is 20.0. The molecule has 0 aliphatic rings. The van der Waals surface area contributed by atoms with Crippen LogP contribution in [0.15, 0.2) is 53.4 Å². The maximum Gasteiger partial charge on any atom is 0.240 e. The van der Waals surface area contributed by atoms with Crippen LogP contribution in [0.5, 0.6) is 5.75 Å². The highest BCUT2D eigenvalue weighted by atomic mass is 32.2. The summed E-state index contributed by atoms with van der Waals surface area (Å²) in [5.41, 5.74) is 1.29. The minimum Gasteiger partial charge on any atom is -0.489 e. The van der Waals surface area contributed by atoms with Gasteiger partial charge in [-0.05, 0) is 44.5 Å². The second-order valence-electron chi connectivity index (χ2n) is 6.47. The van der Waals surface area contributed by atoms with Crippen LogP contribution < -0.4 is 14.4 Å². The molecule has 0 heterocycles. The molecule has 27 heavy (non-hydrogen) atoms. The van der Waals surface area contributed by atoms with Crippen molar-refractivity contribution >= 4 is 21.6 Å². The van der Waals surface area contributed by atoms with E-state index in [1.165, 1.54) is 11.8 Å². The van der Waals surface area contributed by atoms with E-state index in [-0.39, 0.29) is 30.0 Å². The molecule has 0 aliphatic heterocycles. The van der Waals surface area contributed by atoms with Crippen molar-refractivity contribution in [1.82, 2.24) is 4.72 Å². The number of carbonyl (C=O) groups is 1. The van der Waals surface area contributed by atoms with E-state index in [1.807, 2.05) is 26.0 Å². The summed E-state index contributed by atoms with van der Waals surface area (Å²) in [5, 5.41) is 0. The van der Waals surface area contributed by atoms with Crippen molar-refractivity contribution in [1.29, 1.82) is 0 Å². The Labute approximate surface area is 161 Å². The van der Waals surface area contributed by atoms with Crippen LogP contribution in [-0.4, -0.2) is 33.5 Å². The van der Waals surface area contributed by atoms with Gasteiger partial charge in [-0.3, -0.25) is 4.79 Å². The van der Waals surface area contributed by atoms with Gasteiger partial charge in [0.1, 0.15) is 5.75 Å². The van der Waals surface area contributed by atoms with Crippen molar-refractivity contribution in [2.45, 2.75) is 38.7 Å². The van der Waals surface area contributed by atoms with Gasteiger partial charge in [0.2, 0.25) is 15.9 Å². The number of aryl methyl sites for hydroxylation is 1. The van der Waals surface area contributed by atoms with Crippen molar-refractivity contribution in [3.05, 3.63) is 54.1 Å². The highest BCUT2D eigenvalue weighted by Crippen LogP contribution is 2.29. The molecule has 1 amide bonds. The first-order valence-electron chi connectivity index (χ1n) is 8.81. The first kappa shape index (κ1) is 20.9. The molecule has 2 rings (SSSR count). The molecule has 146 valence electrons. The summed E-state index contributed by atoms with van der Waals surface area (Å²) >= 11 is 0. The van der Waals surface area contributed by atoms with Gasteiger partial charge in [-0.1, -0.05) is 30.3 Å². The van der Waals surface area contributed by atoms with E-state index in [4.69, 9.17) is 4.74 Å². The highest BCUT2D eigenvalue weighted by Gasteiger charge is 2.19. The number of nitrogens with one attached hydrogen (secondary N) is 1. The number of hydrogen-bond donors (Lipinski definition) is 1. The maximum atomic E-state index is 12.5. The van der Waals surface area contributed by atoms with E-state index in [0.717, 1.165) is 0 Å². The Balaban J connectivity index is 2.15. The maximum absolute atomic E-state index is 12.5. The van der Waals surface area contributed by atoms with Crippen molar-refractivity contribution in [2.24, 2.45) is 0 Å². The number of benzene rings is 2. The molecule has 1 N–H and O–H groups in total. The lowest BCUT2D eigenvalue weighted by atomic mass is 10.2. The summed E-state index contributed by atoms with van der Waals surface area (Å²) < 4.78 is 33.4. The lowest BCUT2D eigenvalue weighted by Crippen LogP contribution is -2.38. The molecule has 0 fully saturated rings. The molecule has 7 heteroatoms. The van der Waals surface area contributed by atoms with Crippen LogP contribution in [0, 0.1) is 6.92 Å². The molecule has 6 nitrogen and oxygen atoms in total. The molecular formula is C20H26N2O4S. The van der Waals surface area contributed by atoms with Crippen LogP contribution >= 0.6 is 0 Å². The van der Waals surface area contributed by atoms with Crippen LogP contribution in [0.4, 0.5) is 5.69 Å². The van der Waals surface area contributed by atoms with Gasteiger partial charge in [0.15, 0.2) is 0 Å². The largest absolute Gasteiger partial charge is 0.489 e. The number of anilines is 1.